The Kier molecular flexibility index (Phi) is 8.36. The Morgan fingerprint density at radius 2 is 2.08 bits per heavy atom. The van der Waals surface area contributed by atoms with Crippen LogP contribution in [-0.4, -0.2) is 17.7 Å². The van der Waals surface area contributed by atoms with Crippen molar-refractivity contribution >= 4 is 5.97 Å². The molecule has 0 aliphatic rings. The maximum atomic E-state index is 12.6. The van der Waals surface area contributed by atoms with Crippen molar-refractivity contribution in [3.8, 4) is 5.75 Å². The summed E-state index contributed by atoms with van der Waals surface area (Å²) in [6.07, 6.45) is 2.85. The SMILES string of the molecule is CC(/C=C/CCOc1cccc(C(F)(F)F)c1)CCCCC(=O)O. The van der Waals surface area contributed by atoms with Gasteiger partial charge >= 0.3 is 12.1 Å². The third-order valence-corrected chi connectivity index (χ3v) is 3.48. The van der Waals surface area contributed by atoms with Crippen LogP contribution in [0.4, 0.5) is 13.2 Å². The summed E-state index contributed by atoms with van der Waals surface area (Å²) in [5, 5.41) is 8.54. The fourth-order valence-corrected chi connectivity index (χ4v) is 2.17. The molecule has 0 spiro atoms. The maximum Gasteiger partial charge on any atom is 0.416 e. The Labute approximate surface area is 140 Å². The minimum atomic E-state index is -4.37. The van der Waals surface area contributed by atoms with Crippen LogP contribution in [0.3, 0.4) is 0 Å². The van der Waals surface area contributed by atoms with E-state index in [0.717, 1.165) is 25.0 Å². The molecule has 134 valence electrons. The second-order valence-corrected chi connectivity index (χ2v) is 5.71. The number of ether oxygens (including phenoxy) is 1. The van der Waals surface area contributed by atoms with Gasteiger partial charge in [0, 0.05) is 6.42 Å². The predicted octanol–water partition coefficient (Wildman–Crippen LogP) is 5.31. The monoisotopic (exact) mass is 344 g/mol. The van der Waals surface area contributed by atoms with Gasteiger partial charge in [0.2, 0.25) is 0 Å². The Morgan fingerprint density at radius 3 is 2.75 bits per heavy atom. The third kappa shape index (κ3) is 8.60. The van der Waals surface area contributed by atoms with Crippen LogP contribution in [0, 0.1) is 5.92 Å². The van der Waals surface area contributed by atoms with Gasteiger partial charge in [-0.1, -0.05) is 31.6 Å². The zero-order chi connectivity index (χ0) is 18.0. The molecular weight excluding hydrogens is 321 g/mol. The van der Waals surface area contributed by atoms with Crippen molar-refractivity contribution in [2.24, 2.45) is 5.92 Å². The van der Waals surface area contributed by atoms with Crippen LogP contribution in [0.2, 0.25) is 0 Å². The molecule has 0 fully saturated rings. The Balaban J connectivity index is 2.24. The first-order valence-corrected chi connectivity index (χ1v) is 7.97. The van der Waals surface area contributed by atoms with E-state index in [1.54, 1.807) is 0 Å². The number of aliphatic carboxylic acids is 1. The summed E-state index contributed by atoms with van der Waals surface area (Å²) in [7, 11) is 0. The largest absolute Gasteiger partial charge is 0.493 e. The van der Waals surface area contributed by atoms with Crippen LogP contribution in [0.15, 0.2) is 36.4 Å². The molecule has 1 aromatic carbocycles. The summed E-state index contributed by atoms with van der Waals surface area (Å²) in [5.74, 6) is -0.225. The van der Waals surface area contributed by atoms with E-state index < -0.39 is 17.7 Å². The molecule has 6 heteroatoms. The topological polar surface area (TPSA) is 46.5 Å². The molecular formula is C18H23F3O3. The first-order chi connectivity index (χ1) is 11.3. The lowest BCUT2D eigenvalue weighted by molar-refractivity contribution is -0.138. The number of hydrogen-bond donors (Lipinski definition) is 1. The normalized spacial score (nSPS) is 13.2. The van der Waals surface area contributed by atoms with Gasteiger partial charge < -0.3 is 9.84 Å². The predicted molar refractivity (Wildman–Crippen MR) is 86.0 cm³/mol. The van der Waals surface area contributed by atoms with Crippen LogP contribution < -0.4 is 4.74 Å². The number of carbonyl (C=O) groups is 1. The van der Waals surface area contributed by atoms with Gasteiger partial charge in [0.25, 0.3) is 0 Å². The quantitative estimate of drug-likeness (QED) is 0.462. The molecule has 0 saturated carbocycles. The summed E-state index contributed by atoms with van der Waals surface area (Å²) < 4.78 is 43.0. The molecule has 0 bridgehead atoms. The molecule has 1 unspecified atom stereocenters. The number of rotatable bonds is 10. The van der Waals surface area contributed by atoms with E-state index >= 15 is 0 Å². The standard InChI is InChI=1S/C18H23F3O3/c1-14(7-2-3-11-17(22)23)8-4-5-12-24-16-10-6-9-15(13-16)18(19,20)21/h4,6,8-10,13-14H,2-3,5,7,11-12H2,1H3,(H,22,23)/b8-4+. The van der Waals surface area contributed by atoms with Crippen LogP contribution >= 0.6 is 0 Å². The van der Waals surface area contributed by atoms with E-state index in [9.17, 15) is 18.0 Å². The van der Waals surface area contributed by atoms with Crippen molar-refractivity contribution in [2.75, 3.05) is 6.61 Å². The highest BCUT2D eigenvalue weighted by Crippen LogP contribution is 2.31. The molecule has 0 radical (unpaired) electrons. The molecule has 24 heavy (non-hydrogen) atoms. The lowest BCUT2D eigenvalue weighted by Crippen LogP contribution is -2.05. The number of carboxylic acid groups (broad SMARTS) is 1. The molecule has 0 saturated heterocycles. The fourth-order valence-electron chi connectivity index (χ4n) is 2.17. The van der Waals surface area contributed by atoms with E-state index in [1.807, 2.05) is 19.1 Å². The van der Waals surface area contributed by atoms with Crippen LogP contribution in [0.1, 0.15) is 44.6 Å². The van der Waals surface area contributed by atoms with E-state index in [4.69, 9.17) is 9.84 Å². The summed E-state index contributed by atoms with van der Waals surface area (Å²) in [5.41, 5.74) is -0.717. The molecule has 3 nitrogen and oxygen atoms in total. The van der Waals surface area contributed by atoms with E-state index in [2.05, 4.69) is 0 Å². The Bertz CT molecular complexity index is 539. The van der Waals surface area contributed by atoms with E-state index in [-0.39, 0.29) is 12.2 Å². The second-order valence-electron chi connectivity index (χ2n) is 5.71. The molecule has 0 amide bonds. The lowest BCUT2D eigenvalue weighted by atomic mass is 10.0. The average molecular weight is 344 g/mol. The number of carboxylic acids is 1. The van der Waals surface area contributed by atoms with Crippen molar-refractivity contribution in [1.82, 2.24) is 0 Å². The highest BCUT2D eigenvalue weighted by Gasteiger charge is 2.30. The summed E-state index contributed by atoms with van der Waals surface area (Å²) in [6, 6.07) is 4.84. The number of alkyl halides is 3. The summed E-state index contributed by atoms with van der Waals surface area (Å²) in [6.45, 7) is 2.36. The smallest absolute Gasteiger partial charge is 0.416 e. The number of benzene rings is 1. The molecule has 0 aliphatic carbocycles. The summed E-state index contributed by atoms with van der Waals surface area (Å²) in [4.78, 5) is 10.4. The first-order valence-electron chi connectivity index (χ1n) is 7.97. The van der Waals surface area contributed by atoms with Crippen LogP contribution in [0.5, 0.6) is 5.75 Å². The van der Waals surface area contributed by atoms with Gasteiger partial charge in [0.1, 0.15) is 5.75 Å². The van der Waals surface area contributed by atoms with Crippen molar-refractivity contribution in [1.29, 1.82) is 0 Å². The van der Waals surface area contributed by atoms with Gasteiger partial charge in [0.15, 0.2) is 0 Å². The van der Waals surface area contributed by atoms with Gasteiger partial charge in [-0.05, 0) is 43.4 Å². The lowest BCUT2D eigenvalue weighted by Gasteiger charge is -2.09. The number of unbranched alkanes of at least 4 members (excludes halogenated alkanes) is 1. The van der Waals surface area contributed by atoms with Crippen molar-refractivity contribution < 1.29 is 27.8 Å². The Morgan fingerprint density at radius 1 is 1.33 bits per heavy atom. The molecule has 1 aromatic rings. The molecule has 1 N–H and O–H groups in total. The molecule has 1 atom stereocenters. The van der Waals surface area contributed by atoms with Crippen molar-refractivity contribution in [3.63, 3.8) is 0 Å². The van der Waals surface area contributed by atoms with Gasteiger partial charge in [-0.2, -0.15) is 13.2 Å². The van der Waals surface area contributed by atoms with E-state index in [0.29, 0.717) is 25.4 Å². The fraction of sp³-hybridized carbons (Fsp3) is 0.500. The number of halogens is 3. The molecule has 0 aliphatic heterocycles. The molecule has 0 heterocycles. The molecule has 1 rings (SSSR count). The number of hydrogen-bond acceptors (Lipinski definition) is 2. The van der Waals surface area contributed by atoms with Gasteiger partial charge in [0.05, 0.1) is 12.2 Å². The average Bonchev–Trinajstić information content (AvgIpc) is 2.50. The highest BCUT2D eigenvalue weighted by molar-refractivity contribution is 5.66. The first kappa shape index (κ1) is 20.1. The maximum absolute atomic E-state index is 12.6. The van der Waals surface area contributed by atoms with Gasteiger partial charge in [-0.3, -0.25) is 4.79 Å². The minimum absolute atomic E-state index is 0.196. The van der Waals surface area contributed by atoms with Crippen LogP contribution in [0.25, 0.3) is 0 Å². The highest BCUT2D eigenvalue weighted by atomic mass is 19.4. The summed E-state index contributed by atoms with van der Waals surface area (Å²) >= 11 is 0. The number of allylic oxidation sites excluding steroid dienone is 1. The van der Waals surface area contributed by atoms with Crippen LogP contribution in [-0.2, 0) is 11.0 Å². The zero-order valence-electron chi connectivity index (χ0n) is 13.7. The second kappa shape index (κ2) is 10.0. The van der Waals surface area contributed by atoms with Crippen molar-refractivity contribution in [2.45, 2.75) is 45.2 Å². The van der Waals surface area contributed by atoms with Gasteiger partial charge in [-0.25, -0.2) is 0 Å². The zero-order valence-corrected chi connectivity index (χ0v) is 13.7. The molecule has 0 aromatic heterocycles. The Hall–Kier alpha value is -1.98. The van der Waals surface area contributed by atoms with Crippen molar-refractivity contribution in [3.05, 3.63) is 42.0 Å². The minimum Gasteiger partial charge on any atom is -0.493 e. The third-order valence-electron chi connectivity index (χ3n) is 3.48. The van der Waals surface area contributed by atoms with Gasteiger partial charge in [-0.15, -0.1) is 0 Å². The van der Waals surface area contributed by atoms with E-state index in [1.165, 1.54) is 12.1 Å².